The van der Waals surface area contributed by atoms with Crippen molar-refractivity contribution in [1.29, 1.82) is 0 Å². The van der Waals surface area contributed by atoms with E-state index in [4.69, 9.17) is 17.3 Å². The number of aryl methyl sites for hydroxylation is 1. The van der Waals surface area contributed by atoms with Gasteiger partial charge in [0, 0.05) is 28.7 Å². The summed E-state index contributed by atoms with van der Waals surface area (Å²) >= 11 is 5.75. The summed E-state index contributed by atoms with van der Waals surface area (Å²) in [5, 5.41) is 3.26. The molecule has 0 saturated carbocycles. The van der Waals surface area contributed by atoms with Crippen molar-refractivity contribution in [2.24, 2.45) is 0 Å². The van der Waals surface area contributed by atoms with Crippen LogP contribution < -0.4 is 11.1 Å². The van der Waals surface area contributed by atoms with E-state index < -0.39 is 5.82 Å². The highest BCUT2D eigenvalue weighted by atomic mass is 35.5. The first-order valence-electron chi connectivity index (χ1n) is 5.00. The van der Waals surface area contributed by atoms with Crippen LogP contribution in [0.5, 0.6) is 0 Å². The van der Waals surface area contributed by atoms with Crippen molar-refractivity contribution in [2.45, 2.75) is 6.92 Å². The molecule has 0 aliphatic carbocycles. The maximum Gasteiger partial charge on any atom is 0.132 e. The van der Waals surface area contributed by atoms with Crippen LogP contribution in [0.3, 0.4) is 0 Å². The van der Waals surface area contributed by atoms with Gasteiger partial charge in [0.25, 0.3) is 0 Å². The Morgan fingerprint density at radius 2 is 2.06 bits per heavy atom. The van der Waals surface area contributed by atoms with Crippen LogP contribution in [0.25, 0.3) is 0 Å². The van der Waals surface area contributed by atoms with E-state index in [1.165, 1.54) is 12.1 Å². The summed E-state index contributed by atoms with van der Waals surface area (Å²) < 4.78 is 13.1. The number of hydrogen-bond donors (Lipinski definition) is 2. The number of pyridine rings is 1. The van der Waals surface area contributed by atoms with Gasteiger partial charge >= 0.3 is 0 Å². The second kappa shape index (κ2) is 4.59. The Labute approximate surface area is 103 Å². The van der Waals surface area contributed by atoms with Gasteiger partial charge in [0.1, 0.15) is 11.6 Å². The molecular weight excluding hydrogens is 241 g/mol. The maximum absolute atomic E-state index is 13.1. The largest absolute Gasteiger partial charge is 0.398 e. The third kappa shape index (κ3) is 2.85. The van der Waals surface area contributed by atoms with Gasteiger partial charge < -0.3 is 11.1 Å². The molecule has 3 N–H and O–H groups in total. The molecule has 0 atom stereocenters. The number of nitrogen functional groups attached to an aromatic ring is 1. The fraction of sp³-hybridized carbons (Fsp3) is 0.0833. The standard InChI is InChI=1S/C12H11ClFN3/c1-7-6-16-12(5-11(7)15)17-10-3-8(13)2-9(14)4-10/h2-6H,1H3,(H3,15,16,17). The van der Waals surface area contributed by atoms with Crippen molar-refractivity contribution in [3.8, 4) is 0 Å². The van der Waals surface area contributed by atoms with Crippen molar-refractivity contribution in [1.82, 2.24) is 4.98 Å². The normalized spacial score (nSPS) is 10.3. The molecule has 0 aliphatic rings. The van der Waals surface area contributed by atoms with Crippen molar-refractivity contribution in [3.05, 3.63) is 46.9 Å². The van der Waals surface area contributed by atoms with E-state index >= 15 is 0 Å². The minimum atomic E-state index is -0.403. The summed E-state index contributed by atoms with van der Waals surface area (Å²) in [4.78, 5) is 4.14. The number of benzene rings is 1. The quantitative estimate of drug-likeness (QED) is 0.859. The van der Waals surface area contributed by atoms with E-state index in [0.29, 0.717) is 22.2 Å². The number of halogens is 2. The number of nitrogens with one attached hydrogen (secondary N) is 1. The Balaban J connectivity index is 2.28. The van der Waals surface area contributed by atoms with Crippen molar-refractivity contribution in [2.75, 3.05) is 11.1 Å². The van der Waals surface area contributed by atoms with Gasteiger partial charge in [0.2, 0.25) is 0 Å². The third-order valence-electron chi connectivity index (χ3n) is 2.28. The molecule has 2 rings (SSSR count). The van der Waals surface area contributed by atoms with E-state index in [0.717, 1.165) is 5.56 Å². The van der Waals surface area contributed by atoms with Crippen LogP contribution in [-0.2, 0) is 0 Å². The molecule has 5 heteroatoms. The molecule has 3 nitrogen and oxygen atoms in total. The maximum atomic E-state index is 13.1. The first-order valence-corrected chi connectivity index (χ1v) is 5.37. The third-order valence-corrected chi connectivity index (χ3v) is 2.50. The lowest BCUT2D eigenvalue weighted by Crippen LogP contribution is -1.97. The van der Waals surface area contributed by atoms with Crippen LogP contribution in [0, 0.1) is 12.7 Å². The average molecular weight is 252 g/mol. The molecule has 1 aromatic heterocycles. The molecule has 0 bridgehead atoms. The smallest absolute Gasteiger partial charge is 0.132 e. The summed E-state index contributed by atoms with van der Waals surface area (Å²) in [6, 6.07) is 5.88. The van der Waals surface area contributed by atoms with Crippen LogP contribution in [-0.4, -0.2) is 4.98 Å². The molecule has 17 heavy (non-hydrogen) atoms. The highest BCUT2D eigenvalue weighted by Gasteiger charge is 2.02. The molecule has 0 unspecified atom stereocenters. The first kappa shape index (κ1) is 11.7. The van der Waals surface area contributed by atoms with Crippen molar-refractivity contribution >= 4 is 28.8 Å². The number of hydrogen-bond acceptors (Lipinski definition) is 3. The van der Waals surface area contributed by atoms with Crippen molar-refractivity contribution in [3.63, 3.8) is 0 Å². The molecule has 1 aromatic carbocycles. The topological polar surface area (TPSA) is 50.9 Å². The van der Waals surface area contributed by atoms with Gasteiger partial charge in [-0.05, 0) is 30.7 Å². The van der Waals surface area contributed by atoms with E-state index in [1.54, 1.807) is 18.3 Å². The molecule has 1 heterocycles. The Morgan fingerprint density at radius 1 is 1.29 bits per heavy atom. The second-order valence-electron chi connectivity index (χ2n) is 3.71. The van der Waals surface area contributed by atoms with Gasteiger partial charge in [-0.1, -0.05) is 11.6 Å². The lowest BCUT2D eigenvalue weighted by atomic mass is 10.2. The number of nitrogens with two attached hydrogens (primary N) is 1. The number of anilines is 3. The number of aromatic nitrogens is 1. The lowest BCUT2D eigenvalue weighted by molar-refractivity contribution is 0.628. The zero-order chi connectivity index (χ0) is 12.4. The average Bonchev–Trinajstić information content (AvgIpc) is 2.22. The molecule has 2 aromatic rings. The summed E-state index contributed by atoms with van der Waals surface area (Å²) in [6.45, 7) is 1.87. The van der Waals surface area contributed by atoms with E-state index in [-0.39, 0.29) is 0 Å². The molecule has 88 valence electrons. The van der Waals surface area contributed by atoms with E-state index in [2.05, 4.69) is 10.3 Å². The molecule has 0 spiro atoms. The first-order chi connectivity index (χ1) is 8.04. The zero-order valence-electron chi connectivity index (χ0n) is 9.17. The van der Waals surface area contributed by atoms with E-state index in [9.17, 15) is 4.39 Å². The fourth-order valence-corrected chi connectivity index (χ4v) is 1.60. The van der Waals surface area contributed by atoms with Crippen molar-refractivity contribution < 1.29 is 4.39 Å². The molecule has 0 aliphatic heterocycles. The molecular formula is C12H11ClFN3. The molecule has 0 fully saturated rings. The SMILES string of the molecule is Cc1cnc(Nc2cc(F)cc(Cl)c2)cc1N. The van der Waals surface area contributed by atoms with Gasteiger partial charge in [0.15, 0.2) is 0 Å². The fourth-order valence-electron chi connectivity index (χ4n) is 1.38. The monoisotopic (exact) mass is 251 g/mol. The Morgan fingerprint density at radius 3 is 2.71 bits per heavy atom. The molecule has 0 saturated heterocycles. The lowest BCUT2D eigenvalue weighted by Gasteiger charge is -2.08. The number of nitrogens with zero attached hydrogens (tertiary/aromatic N) is 1. The van der Waals surface area contributed by atoms with Crippen LogP contribution in [0.15, 0.2) is 30.5 Å². The highest BCUT2D eigenvalue weighted by Crippen LogP contribution is 2.22. The summed E-state index contributed by atoms with van der Waals surface area (Å²) in [6.07, 6.45) is 1.65. The van der Waals surface area contributed by atoms with Gasteiger partial charge in [-0.3, -0.25) is 0 Å². The van der Waals surface area contributed by atoms with Crippen LogP contribution in [0.4, 0.5) is 21.6 Å². The molecule has 0 radical (unpaired) electrons. The molecule has 0 amide bonds. The van der Waals surface area contributed by atoms with Gasteiger partial charge in [-0.15, -0.1) is 0 Å². The highest BCUT2D eigenvalue weighted by molar-refractivity contribution is 6.30. The predicted octanol–water partition coefficient (Wildman–Crippen LogP) is 3.51. The second-order valence-corrected chi connectivity index (χ2v) is 4.15. The van der Waals surface area contributed by atoms with Crippen LogP contribution in [0.1, 0.15) is 5.56 Å². The Kier molecular flexibility index (Phi) is 3.15. The van der Waals surface area contributed by atoms with Gasteiger partial charge in [-0.2, -0.15) is 0 Å². The summed E-state index contributed by atoms with van der Waals surface area (Å²) in [5.41, 5.74) is 7.81. The van der Waals surface area contributed by atoms with Crippen LogP contribution in [0.2, 0.25) is 5.02 Å². The summed E-state index contributed by atoms with van der Waals surface area (Å²) in [5.74, 6) is 0.148. The minimum absolute atomic E-state index is 0.326. The van der Waals surface area contributed by atoms with Gasteiger partial charge in [-0.25, -0.2) is 9.37 Å². The number of rotatable bonds is 2. The van der Waals surface area contributed by atoms with E-state index in [1.807, 2.05) is 6.92 Å². The van der Waals surface area contributed by atoms with Crippen LogP contribution >= 0.6 is 11.6 Å². The summed E-state index contributed by atoms with van der Waals surface area (Å²) in [7, 11) is 0. The minimum Gasteiger partial charge on any atom is -0.398 e. The Bertz CT molecular complexity index is 537. The predicted molar refractivity (Wildman–Crippen MR) is 68.1 cm³/mol. The zero-order valence-corrected chi connectivity index (χ0v) is 9.92. The Hall–Kier alpha value is -1.81. The van der Waals surface area contributed by atoms with Gasteiger partial charge in [0.05, 0.1) is 0 Å².